The molecule has 1 aromatic rings. The maximum absolute atomic E-state index is 12.6. The van der Waals surface area contributed by atoms with Gasteiger partial charge in [0.2, 0.25) is 5.91 Å². The van der Waals surface area contributed by atoms with E-state index >= 15 is 0 Å². The summed E-state index contributed by atoms with van der Waals surface area (Å²) in [6.45, 7) is 0.246. The number of hydrogen-bond donors (Lipinski definition) is 0. The minimum Gasteiger partial charge on any atom is -0.341 e. The molecule has 112 valence electrons. The monoisotopic (exact) mass is 316 g/mol. The van der Waals surface area contributed by atoms with Gasteiger partial charge in [-0.05, 0) is 29.8 Å². The summed E-state index contributed by atoms with van der Waals surface area (Å²) in [6, 6.07) is 4.78. The van der Waals surface area contributed by atoms with Crippen molar-refractivity contribution in [1.29, 1.82) is 5.26 Å². The summed E-state index contributed by atoms with van der Waals surface area (Å²) in [4.78, 5) is 13.0. The molecule has 0 radical (unpaired) electrons. The SMILES string of the molecule is CN(CCC#N)C(=O)/C=C/c1cc(C(F)(F)F)ccc1Cl. The molecule has 0 unspecified atom stereocenters. The van der Waals surface area contributed by atoms with Crippen LogP contribution in [-0.2, 0) is 11.0 Å². The third kappa shape index (κ3) is 5.12. The van der Waals surface area contributed by atoms with Crippen molar-refractivity contribution < 1.29 is 18.0 Å². The van der Waals surface area contributed by atoms with E-state index in [1.54, 1.807) is 0 Å². The van der Waals surface area contributed by atoms with Crippen molar-refractivity contribution >= 4 is 23.6 Å². The lowest BCUT2D eigenvalue weighted by atomic mass is 10.1. The molecular weight excluding hydrogens is 305 g/mol. The van der Waals surface area contributed by atoms with Crippen LogP contribution >= 0.6 is 11.6 Å². The molecule has 0 spiro atoms. The Hall–Kier alpha value is -2.00. The molecule has 0 aliphatic carbocycles. The van der Waals surface area contributed by atoms with Gasteiger partial charge in [0.15, 0.2) is 0 Å². The summed E-state index contributed by atoms with van der Waals surface area (Å²) < 4.78 is 37.8. The van der Waals surface area contributed by atoms with E-state index in [0.29, 0.717) is 0 Å². The summed E-state index contributed by atoms with van der Waals surface area (Å²) in [6.07, 6.45) is -1.94. The number of nitrogens with zero attached hydrogens (tertiary/aromatic N) is 2. The summed E-state index contributed by atoms with van der Waals surface area (Å²) in [5.41, 5.74) is -0.731. The molecule has 1 amide bonds. The van der Waals surface area contributed by atoms with Crippen LogP contribution in [0.4, 0.5) is 13.2 Å². The van der Waals surface area contributed by atoms with E-state index in [9.17, 15) is 18.0 Å². The standard InChI is InChI=1S/C14H12ClF3N2O/c1-20(8-2-7-19)13(21)6-3-10-9-11(14(16,17)18)4-5-12(10)15/h3-6,9H,2,8H2,1H3/b6-3+. The van der Waals surface area contributed by atoms with E-state index in [1.807, 2.05) is 6.07 Å². The fourth-order valence-electron chi connectivity index (χ4n) is 1.46. The smallest absolute Gasteiger partial charge is 0.341 e. The Balaban J connectivity index is 2.90. The molecule has 0 aromatic heterocycles. The normalized spacial score (nSPS) is 11.4. The average Bonchev–Trinajstić information content (AvgIpc) is 2.42. The Morgan fingerprint density at radius 1 is 1.48 bits per heavy atom. The predicted molar refractivity (Wildman–Crippen MR) is 73.4 cm³/mol. The van der Waals surface area contributed by atoms with E-state index < -0.39 is 17.6 Å². The van der Waals surface area contributed by atoms with Gasteiger partial charge >= 0.3 is 6.18 Å². The lowest BCUT2D eigenvalue weighted by Gasteiger charge is -2.12. The van der Waals surface area contributed by atoms with Gasteiger partial charge in [0.1, 0.15) is 0 Å². The summed E-state index contributed by atoms with van der Waals surface area (Å²) in [5.74, 6) is -0.418. The number of carbonyl (C=O) groups is 1. The van der Waals surface area contributed by atoms with Crippen molar-refractivity contribution in [3.8, 4) is 6.07 Å². The lowest BCUT2D eigenvalue weighted by Crippen LogP contribution is -2.25. The Kier molecular flexibility index (Phi) is 5.79. The molecule has 0 atom stereocenters. The maximum Gasteiger partial charge on any atom is 0.416 e. The molecular formula is C14H12ClF3N2O. The van der Waals surface area contributed by atoms with Gasteiger partial charge in [-0.25, -0.2) is 0 Å². The van der Waals surface area contributed by atoms with Crippen molar-refractivity contribution in [3.63, 3.8) is 0 Å². The molecule has 0 aliphatic rings. The first kappa shape index (κ1) is 17.1. The van der Waals surface area contributed by atoms with Crippen molar-refractivity contribution in [2.45, 2.75) is 12.6 Å². The number of nitriles is 1. The van der Waals surface area contributed by atoms with Gasteiger partial charge in [-0.1, -0.05) is 11.6 Å². The van der Waals surface area contributed by atoms with Crippen LogP contribution < -0.4 is 0 Å². The first-order valence-corrected chi connectivity index (χ1v) is 6.30. The van der Waals surface area contributed by atoms with Gasteiger partial charge in [-0.2, -0.15) is 18.4 Å². The van der Waals surface area contributed by atoms with Crippen LogP contribution in [0.1, 0.15) is 17.5 Å². The van der Waals surface area contributed by atoms with Gasteiger partial charge in [-0.3, -0.25) is 4.79 Å². The van der Waals surface area contributed by atoms with Crippen LogP contribution in [-0.4, -0.2) is 24.4 Å². The van der Waals surface area contributed by atoms with Crippen molar-refractivity contribution in [2.24, 2.45) is 0 Å². The van der Waals surface area contributed by atoms with Crippen LogP contribution in [0.15, 0.2) is 24.3 Å². The van der Waals surface area contributed by atoms with E-state index in [-0.39, 0.29) is 23.6 Å². The Labute approximate surface area is 125 Å². The zero-order valence-electron chi connectivity index (χ0n) is 11.1. The zero-order valence-corrected chi connectivity index (χ0v) is 11.9. The fraction of sp³-hybridized carbons (Fsp3) is 0.286. The van der Waals surface area contributed by atoms with E-state index in [4.69, 9.17) is 16.9 Å². The molecule has 3 nitrogen and oxygen atoms in total. The highest BCUT2D eigenvalue weighted by Gasteiger charge is 2.30. The van der Waals surface area contributed by atoms with Crippen LogP contribution in [0.2, 0.25) is 5.02 Å². The number of amides is 1. The third-order valence-corrected chi connectivity index (χ3v) is 3.01. The maximum atomic E-state index is 12.6. The van der Waals surface area contributed by atoms with Crippen LogP contribution in [0.5, 0.6) is 0 Å². The second kappa shape index (κ2) is 7.14. The third-order valence-electron chi connectivity index (χ3n) is 2.66. The average molecular weight is 317 g/mol. The number of alkyl halides is 3. The largest absolute Gasteiger partial charge is 0.416 e. The number of halogens is 4. The van der Waals surface area contributed by atoms with Crippen molar-refractivity contribution in [3.05, 3.63) is 40.4 Å². The highest BCUT2D eigenvalue weighted by atomic mass is 35.5. The molecule has 0 heterocycles. The second-order valence-corrected chi connectivity index (χ2v) is 4.64. The van der Waals surface area contributed by atoms with Gasteiger partial charge < -0.3 is 4.90 Å². The van der Waals surface area contributed by atoms with Crippen molar-refractivity contribution in [1.82, 2.24) is 4.90 Å². The fourth-order valence-corrected chi connectivity index (χ4v) is 1.64. The first-order chi connectivity index (χ1) is 9.75. The molecule has 7 heteroatoms. The van der Waals surface area contributed by atoms with Gasteiger partial charge in [-0.15, -0.1) is 0 Å². The van der Waals surface area contributed by atoms with Gasteiger partial charge in [0, 0.05) is 24.7 Å². The summed E-state index contributed by atoms with van der Waals surface area (Å²) >= 11 is 5.81. The Morgan fingerprint density at radius 3 is 2.71 bits per heavy atom. The van der Waals surface area contributed by atoms with Crippen LogP contribution in [0.25, 0.3) is 6.08 Å². The number of hydrogen-bond acceptors (Lipinski definition) is 2. The number of rotatable bonds is 4. The zero-order chi connectivity index (χ0) is 16.0. The van der Waals surface area contributed by atoms with Gasteiger partial charge in [0.25, 0.3) is 0 Å². The predicted octanol–water partition coefficient (Wildman–Crippen LogP) is 3.74. The minimum atomic E-state index is -4.47. The molecule has 0 saturated carbocycles. The lowest BCUT2D eigenvalue weighted by molar-refractivity contribution is -0.137. The Bertz CT molecular complexity index is 591. The quantitative estimate of drug-likeness (QED) is 0.794. The van der Waals surface area contributed by atoms with Gasteiger partial charge in [0.05, 0.1) is 18.1 Å². The summed E-state index contributed by atoms with van der Waals surface area (Å²) in [7, 11) is 1.50. The van der Waals surface area contributed by atoms with E-state index in [1.165, 1.54) is 18.0 Å². The number of benzene rings is 1. The molecule has 0 aliphatic heterocycles. The molecule has 0 saturated heterocycles. The van der Waals surface area contributed by atoms with E-state index in [2.05, 4.69) is 0 Å². The second-order valence-electron chi connectivity index (χ2n) is 4.24. The minimum absolute atomic E-state index is 0.105. The highest BCUT2D eigenvalue weighted by molar-refractivity contribution is 6.32. The topological polar surface area (TPSA) is 44.1 Å². The van der Waals surface area contributed by atoms with Crippen molar-refractivity contribution in [2.75, 3.05) is 13.6 Å². The van der Waals surface area contributed by atoms with Crippen LogP contribution in [0.3, 0.4) is 0 Å². The molecule has 21 heavy (non-hydrogen) atoms. The molecule has 0 bridgehead atoms. The van der Waals surface area contributed by atoms with E-state index in [0.717, 1.165) is 24.3 Å². The number of likely N-dealkylation sites (N-methyl/N-ethyl adjacent to an activating group) is 1. The first-order valence-electron chi connectivity index (χ1n) is 5.92. The van der Waals surface area contributed by atoms with Crippen LogP contribution in [0, 0.1) is 11.3 Å². The number of carbonyl (C=O) groups excluding carboxylic acids is 1. The Morgan fingerprint density at radius 2 is 2.14 bits per heavy atom. The molecule has 0 fully saturated rings. The summed E-state index contributed by atoms with van der Waals surface area (Å²) in [5, 5.41) is 8.54. The molecule has 1 aromatic carbocycles. The molecule has 0 N–H and O–H groups in total. The highest BCUT2D eigenvalue weighted by Crippen LogP contribution is 2.32. The molecule has 1 rings (SSSR count).